The number of aromatic amines is 1. The summed E-state index contributed by atoms with van der Waals surface area (Å²) in [6, 6.07) is 8.94. The number of piperazine rings is 1. The number of ketones is 1. The molecule has 0 bridgehead atoms. The Bertz CT molecular complexity index is 832. The number of quaternary nitrogens is 1. The van der Waals surface area contributed by atoms with E-state index in [1.807, 2.05) is 17.0 Å². The van der Waals surface area contributed by atoms with Crippen LogP contribution in [0.25, 0.3) is 0 Å². The largest absolute Gasteiger partial charge is 0.508 e. The number of phenols is 1. The minimum absolute atomic E-state index is 0.00795. The van der Waals surface area contributed by atoms with Crippen LogP contribution in [0.15, 0.2) is 36.5 Å². The van der Waals surface area contributed by atoms with Gasteiger partial charge in [0.05, 0.1) is 26.2 Å². The molecule has 0 spiro atoms. The average molecular weight is 383 g/mol. The summed E-state index contributed by atoms with van der Waals surface area (Å²) in [5.41, 5.74) is 2.20. The van der Waals surface area contributed by atoms with Gasteiger partial charge in [-0.15, -0.1) is 0 Å². The molecule has 2 saturated heterocycles. The number of carbonyl (C=O) groups is 2. The van der Waals surface area contributed by atoms with Gasteiger partial charge in [0.25, 0.3) is 5.91 Å². The summed E-state index contributed by atoms with van der Waals surface area (Å²) in [6.45, 7) is 5.57. The van der Waals surface area contributed by atoms with Gasteiger partial charge in [0.1, 0.15) is 18.0 Å². The van der Waals surface area contributed by atoms with E-state index in [2.05, 4.69) is 9.88 Å². The maximum absolute atomic E-state index is 12.7. The molecule has 0 aliphatic carbocycles. The minimum atomic E-state index is -0.00795. The molecule has 2 aromatic rings. The lowest BCUT2D eigenvalue weighted by Crippen LogP contribution is -3.15. The van der Waals surface area contributed by atoms with Crippen molar-refractivity contribution in [2.75, 3.05) is 50.7 Å². The smallest absolute Gasteiger partial charge is 0.270 e. The Morgan fingerprint density at radius 3 is 2.39 bits per heavy atom. The number of rotatable bonds is 5. The van der Waals surface area contributed by atoms with Crippen molar-refractivity contribution in [2.24, 2.45) is 0 Å². The molecule has 4 rings (SSSR count). The number of aromatic hydroxyl groups is 1. The van der Waals surface area contributed by atoms with Crippen LogP contribution in [-0.4, -0.2) is 72.5 Å². The van der Waals surface area contributed by atoms with E-state index < -0.39 is 0 Å². The van der Waals surface area contributed by atoms with Crippen molar-refractivity contribution in [3.8, 4) is 5.75 Å². The zero-order chi connectivity index (χ0) is 19.5. The van der Waals surface area contributed by atoms with Gasteiger partial charge in [0.15, 0.2) is 0 Å². The van der Waals surface area contributed by atoms with Crippen LogP contribution in [0.2, 0.25) is 0 Å². The lowest BCUT2D eigenvalue weighted by atomic mass is 10.1. The van der Waals surface area contributed by atoms with Crippen LogP contribution < -0.4 is 9.80 Å². The first-order valence-corrected chi connectivity index (χ1v) is 9.98. The number of Topliss-reactive ketones (excluding diaryl/α,β-unsaturated/α-hetero) is 1. The summed E-state index contributed by atoms with van der Waals surface area (Å²) < 4.78 is 0. The van der Waals surface area contributed by atoms with Crippen molar-refractivity contribution in [1.29, 1.82) is 0 Å². The topological polar surface area (TPSA) is 81.1 Å². The molecule has 1 aromatic carbocycles. The Labute approximate surface area is 164 Å². The molecular weight excluding hydrogens is 356 g/mol. The molecule has 3 heterocycles. The number of anilines is 1. The second-order valence-corrected chi connectivity index (χ2v) is 7.65. The maximum atomic E-state index is 12.7. The number of nitrogens with one attached hydrogen (secondary N) is 2. The zero-order valence-corrected chi connectivity index (χ0v) is 16.0. The summed E-state index contributed by atoms with van der Waals surface area (Å²) >= 11 is 0. The average Bonchev–Trinajstić information content (AvgIpc) is 3.41. The summed E-state index contributed by atoms with van der Waals surface area (Å²) in [5.74, 6) is 0.337. The summed E-state index contributed by atoms with van der Waals surface area (Å²) in [5, 5.41) is 9.42. The summed E-state index contributed by atoms with van der Waals surface area (Å²) in [4.78, 5) is 33.4. The highest BCUT2D eigenvalue weighted by Crippen LogP contribution is 2.18. The Morgan fingerprint density at radius 1 is 1.04 bits per heavy atom. The van der Waals surface area contributed by atoms with E-state index in [1.54, 1.807) is 24.4 Å². The maximum Gasteiger partial charge on any atom is 0.270 e. The number of nitrogens with zero attached hydrogens (tertiary/aromatic N) is 2. The van der Waals surface area contributed by atoms with Gasteiger partial charge in [-0.1, -0.05) is 0 Å². The highest BCUT2D eigenvalue weighted by Gasteiger charge is 2.25. The van der Waals surface area contributed by atoms with Gasteiger partial charge in [0.2, 0.25) is 5.78 Å². The Morgan fingerprint density at radius 2 is 1.71 bits per heavy atom. The molecule has 0 radical (unpaired) electrons. The van der Waals surface area contributed by atoms with E-state index in [0.717, 1.165) is 57.8 Å². The van der Waals surface area contributed by atoms with E-state index in [1.165, 1.54) is 4.90 Å². The zero-order valence-electron chi connectivity index (χ0n) is 16.0. The minimum Gasteiger partial charge on any atom is -0.508 e. The van der Waals surface area contributed by atoms with Gasteiger partial charge >= 0.3 is 0 Å². The van der Waals surface area contributed by atoms with Crippen LogP contribution in [0, 0.1) is 0 Å². The van der Waals surface area contributed by atoms with Gasteiger partial charge in [-0.25, -0.2) is 0 Å². The second kappa shape index (κ2) is 8.06. The van der Waals surface area contributed by atoms with E-state index in [9.17, 15) is 14.7 Å². The highest BCUT2D eigenvalue weighted by atomic mass is 16.3. The molecule has 2 aliphatic heterocycles. The Kier molecular flexibility index (Phi) is 5.34. The number of likely N-dealkylation sites (tertiary alicyclic amines) is 1. The molecule has 3 N–H and O–H groups in total. The van der Waals surface area contributed by atoms with E-state index in [4.69, 9.17) is 0 Å². The molecule has 0 atom stereocenters. The second-order valence-electron chi connectivity index (χ2n) is 7.65. The molecule has 0 saturated carbocycles. The first kappa shape index (κ1) is 18.6. The van der Waals surface area contributed by atoms with Crippen molar-refractivity contribution in [2.45, 2.75) is 12.8 Å². The predicted octanol–water partition coefficient (Wildman–Crippen LogP) is 0.544. The first-order valence-electron chi connectivity index (χ1n) is 9.98. The number of amides is 1. The van der Waals surface area contributed by atoms with Gasteiger partial charge in [0, 0.05) is 30.5 Å². The molecular formula is C21H27N4O3+. The van der Waals surface area contributed by atoms with Crippen LogP contribution in [0.3, 0.4) is 0 Å². The van der Waals surface area contributed by atoms with Crippen molar-refractivity contribution in [3.05, 3.63) is 47.8 Å². The number of H-pyrrole nitrogens is 1. The molecule has 7 heteroatoms. The fraction of sp³-hybridized carbons (Fsp3) is 0.429. The molecule has 0 unspecified atom stereocenters. The predicted molar refractivity (Wildman–Crippen MR) is 106 cm³/mol. The SMILES string of the molecule is O=C(C[NH+]1CCN(c2ccc(O)cc2)CC1)c1c[nH]c(C(=O)N2CCCC2)c1. The third-order valence-electron chi connectivity index (χ3n) is 5.72. The van der Waals surface area contributed by atoms with E-state index in [-0.39, 0.29) is 17.4 Å². The lowest BCUT2D eigenvalue weighted by Gasteiger charge is -2.33. The van der Waals surface area contributed by atoms with E-state index in [0.29, 0.717) is 17.8 Å². The monoisotopic (exact) mass is 383 g/mol. The number of phenolic OH excluding ortho intramolecular Hbond substituents is 1. The number of benzene rings is 1. The van der Waals surface area contributed by atoms with Crippen molar-refractivity contribution >= 4 is 17.4 Å². The molecule has 148 valence electrons. The quantitative estimate of drug-likeness (QED) is 0.659. The molecule has 2 aliphatic rings. The summed E-state index contributed by atoms with van der Waals surface area (Å²) in [7, 11) is 0. The highest BCUT2D eigenvalue weighted by molar-refractivity contribution is 6.00. The Balaban J connectivity index is 1.30. The van der Waals surface area contributed by atoms with Crippen LogP contribution >= 0.6 is 0 Å². The molecule has 1 amide bonds. The summed E-state index contributed by atoms with van der Waals surface area (Å²) in [6.07, 6.45) is 3.77. The molecule has 2 fully saturated rings. The third kappa shape index (κ3) is 4.04. The van der Waals surface area contributed by atoms with Gasteiger partial charge in [-0.3, -0.25) is 9.59 Å². The fourth-order valence-electron chi connectivity index (χ4n) is 4.02. The first-order chi connectivity index (χ1) is 13.6. The third-order valence-corrected chi connectivity index (χ3v) is 5.72. The molecule has 1 aromatic heterocycles. The number of carbonyl (C=O) groups excluding carboxylic acids is 2. The van der Waals surface area contributed by atoms with Crippen LogP contribution in [0.4, 0.5) is 5.69 Å². The normalized spacial score (nSPS) is 17.9. The van der Waals surface area contributed by atoms with Gasteiger partial charge in [-0.2, -0.15) is 0 Å². The fourth-order valence-corrected chi connectivity index (χ4v) is 4.02. The van der Waals surface area contributed by atoms with Crippen molar-refractivity contribution < 1.29 is 19.6 Å². The van der Waals surface area contributed by atoms with E-state index >= 15 is 0 Å². The number of hydrogen-bond donors (Lipinski definition) is 3. The van der Waals surface area contributed by atoms with Gasteiger partial charge in [-0.05, 0) is 43.2 Å². The molecule has 28 heavy (non-hydrogen) atoms. The van der Waals surface area contributed by atoms with Crippen molar-refractivity contribution in [1.82, 2.24) is 9.88 Å². The lowest BCUT2D eigenvalue weighted by molar-refractivity contribution is -0.892. The van der Waals surface area contributed by atoms with Crippen LogP contribution in [0.5, 0.6) is 5.75 Å². The Hall–Kier alpha value is -2.80. The van der Waals surface area contributed by atoms with Crippen LogP contribution in [0.1, 0.15) is 33.7 Å². The van der Waals surface area contributed by atoms with Gasteiger partial charge < -0.3 is 24.8 Å². The standard InChI is InChI=1S/C21H26N4O3/c26-18-5-3-17(4-6-18)24-11-9-23(10-12-24)15-20(27)16-13-19(22-14-16)21(28)25-7-1-2-8-25/h3-6,13-14,22,26H,1-2,7-12,15H2/p+1. The van der Waals surface area contributed by atoms with Crippen molar-refractivity contribution in [3.63, 3.8) is 0 Å². The van der Waals surface area contributed by atoms with Crippen LogP contribution in [-0.2, 0) is 0 Å². The number of hydrogen-bond acceptors (Lipinski definition) is 4. The molecule has 7 nitrogen and oxygen atoms in total. The number of aromatic nitrogens is 1.